The molecule has 0 aliphatic carbocycles. The number of nitrogens with zero attached hydrogens (tertiary/aromatic N) is 3. The van der Waals surface area contributed by atoms with E-state index >= 15 is 0 Å². The Hall–Kier alpha value is -2.96. The fourth-order valence-corrected chi connectivity index (χ4v) is 2.34. The molecule has 1 atom stereocenters. The molecular weight excluding hydrogens is 296 g/mol. The molecule has 1 fully saturated rings. The Bertz CT molecular complexity index is 678. The van der Waals surface area contributed by atoms with Gasteiger partial charge >= 0.3 is 6.09 Å². The van der Waals surface area contributed by atoms with Crippen molar-refractivity contribution in [1.29, 1.82) is 0 Å². The molecule has 1 N–H and O–H groups in total. The topological polar surface area (TPSA) is 84.4 Å². The first kappa shape index (κ1) is 15.0. The molecular formula is C16H16N4O3. The molecule has 7 heteroatoms. The maximum absolute atomic E-state index is 11.9. The number of carbonyl (C=O) groups excluding carboxylic acids is 2. The van der Waals surface area contributed by atoms with E-state index in [0.717, 1.165) is 5.69 Å². The largest absolute Gasteiger partial charge is 0.444 e. The van der Waals surface area contributed by atoms with Gasteiger partial charge in [0.15, 0.2) is 0 Å². The molecule has 1 saturated heterocycles. The second kappa shape index (κ2) is 6.87. The molecule has 118 valence electrons. The van der Waals surface area contributed by atoms with Gasteiger partial charge in [0, 0.05) is 31.0 Å². The zero-order valence-corrected chi connectivity index (χ0v) is 12.4. The van der Waals surface area contributed by atoms with E-state index in [1.807, 2.05) is 30.3 Å². The second-order valence-electron chi connectivity index (χ2n) is 5.09. The normalized spacial score (nSPS) is 17.0. The Morgan fingerprint density at radius 2 is 2.13 bits per heavy atom. The van der Waals surface area contributed by atoms with Gasteiger partial charge < -0.3 is 10.1 Å². The standard InChI is InChI=1S/C16H16N4O3/c21-15(14-10-17-8-9-18-14)19-7-6-13-11-20(16(22)23-13)12-4-2-1-3-5-12/h1-5,8-10,13H,6-7,11H2,(H,19,21). The molecule has 23 heavy (non-hydrogen) atoms. The van der Waals surface area contributed by atoms with E-state index in [-0.39, 0.29) is 23.8 Å². The highest BCUT2D eigenvalue weighted by molar-refractivity contribution is 5.92. The van der Waals surface area contributed by atoms with Gasteiger partial charge in [-0.25, -0.2) is 9.78 Å². The van der Waals surface area contributed by atoms with Crippen LogP contribution in [0, 0.1) is 0 Å². The highest BCUT2D eigenvalue weighted by Gasteiger charge is 2.31. The summed E-state index contributed by atoms with van der Waals surface area (Å²) < 4.78 is 5.32. The molecule has 3 rings (SSSR count). The molecule has 1 aliphatic heterocycles. The van der Waals surface area contributed by atoms with Crippen molar-refractivity contribution in [2.45, 2.75) is 12.5 Å². The van der Waals surface area contributed by atoms with Gasteiger partial charge in [0.05, 0.1) is 12.7 Å². The lowest BCUT2D eigenvalue weighted by Crippen LogP contribution is -2.29. The lowest BCUT2D eigenvalue weighted by atomic mass is 10.2. The summed E-state index contributed by atoms with van der Waals surface area (Å²) in [5.74, 6) is -0.290. The Kier molecular flexibility index (Phi) is 4.46. The van der Waals surface area contributed by atoms with E-state index in [4.69, 9.17) is 4.74 Å². The highest BCUT2D eigenvalue weighted by Crippen LogP contribution is 2.22. The summed E-state index contributed by atoms with van der Waals surface area (Å²) in [6.45, 7) is 0.875. The number of hydrogen-bond acceptors (Lipinski definition) is 5. The first-order chi connectivity index (χ1) is 11.2. The average molecular weight is 312 g/mol. The zero-order chi connectivity index (χ0) is 16.1. The van der Waals surface area contributed by atoms with E-state index < -0.39 is 0 Å². The molecule has 7 nitrogen and oxygen atoms in total. The molecule has 1 aromatic carbocycles. The van der Waals surface area contributed by atoms with Crippen LogP contribution >= 0.6 is 0 Å². The molecule has 0 saturated carbocycles. The van der Waals surface area contributed by atoms with Gasteiger partial charge in [-0.2, -0.15) is 0 Å². The number of amides is 2. The molecule has 2 amide bonds. The predicted molar refractivity (Wildman–Crippen MR) is 83.0 cm³/mol. The van der Waals surface area contributed by atoms with Crippen LogP contribution in [0.5, 0.6) is 0 Å². The van der Waals surface area contributed by atoms with Gasteiger partial charge in [-0.1, -0.05) is 18.2 Å². The molecule has 2 aromatic rings. The van der Waals surface area contributed by atoms with Crippen LogP contribution in [0.15, 0.2) is 48.9 Å². The van der Waals surface area contributed by atoms with Crippen LogP contribution in [0.4, 0.5) is 10.5 Å². The molecule has 1 aromatic heterocycles. The minimum atomic E-state index is -0.360. The van der Waals surface area contributed by atoms with E-state index in [2.05, 4.69) is 15.3 Å². The molecule has 0 spiro atoms. The summed E-state index contributed by atoms with van der Waals surface area (Å²) in [6, 6.07) is 9.36. The van der Waals surface area contributed by atoms with Crippen molar-refractivity contribution in [2.24, 2.45) is 0 Å². The van der Waals surface area contributed by atoms with Crippen LogP contribution in [0.3, 0.4) is 0 Å². The lowest BCUT2D eigenvalue weighted by Gasteiger charge is -2.12. The summed E-state index contributed by atoms with van der Waals surface area (Å²) in [5, 5.41) is 2.74. The van der Waals surface area contributed by atoms with Gasteiger partial charge in [0.25, 0.3) is 5.91 Å². The van der Waals surface area contributed by atoms with Crippen molar-refractivity contribution in [3.63, 3.8) is 0 Å². The molecule has 2 heterocycles. The highest BCUT2D eigenvalue weighted by atomic mass is 16.6. The quantitative estimate of drug-likeness (QED) is 0.907. The number of para-hydroxylation sites is 1. The van der Waals surface area contributed by atoms with Crippen LogP contribution in [-0.2, 0) is 4.74 Å². The maximum atomic E-state index is 11.9. The fourth-order valence-electron chi connectivity index (χ4n) is 2.34. The number of nitrogens with one attached hydrogen (secondary N) is 1. The Labute approximate surface area is 133 Å². The number of benzene rings is 1. The maximum Gasteiger partial charge on any atom is 0.414 e. The van der Waals surface area contributed by atoms with Crippen LogP contribution in [0.2, 0.25) is 0 Å². The first-order valence-electron chi connectivity index (χ1n) is 7.31. The van der Waals surface area contributed by atoms with Crippen molar-refractivity contribution in [3.05, 3.63) is 54.6 Å². The fraction of sp³-hybridized carbons (Fsp3) is 0.250. The third-order valence-corrected chi connectivity index (χ3v) is 3.49. The number of ether oxygens (including phenoxy) is 1. The van der Waals surface area contributed by atoms with Crippen molar-refractivity contribution >= 4 is 17.7 Å². The molecule has 0 radical (unpaired) electrons. The van der Waals surface area contributed by atoms with Crippen molar-refractivity contribution in [2.75, 3.05) is 18.0 Å². The van der Waals surface area contributed by atoms with Crippen molar-refractivity contribution < 1.29 is 14.3 Å². The number of anilines is 1. The van der Waals surface area contributed by atoms with Crippen LogP contribution in [-0.4, -0.2) is 41.2 Å². The van der Waals surface area contributed by atoms with E-state index in [1.165, 1.54) is 18.6 Å². The minimum absolute atomic E-state index is 0.245. The Morgan fingerprint density at radius 3 is 2.87 bits per heavy atom. The van der Waals surface area contributed by atoms with Gasteiger partial charge in [-0.3, -0.25) is 14.7 Å². The summed E-state index contributed by atoms with van der Waals surface area (Å²) in [4.78, 5) is 33.1. The number of carbonyl (C=O) groups is 2. The van der Waals surface area contributed by atoms with Gasteiger partial charge in [0.1, 0.15) is 11.8 Å². The minimum Gasteiger partial charge on any atom is -0.444 e. The third-order valence-electron chi connectivity index (χ3n) is 3.49. The number of rotatable bonds is 5. The SMILES string of the molecule is O=C(NCCC1CN(c2ccccc2)C(=O)O1)c1cnccn1. The van der Waals surface area contributed by atoms with Gasteiger partial charge in [0.2, 0.25) is 0 Å². The summed E-state index contributed by atoms with van der Waals surface area (Å²) >= 11 is 0. The summed E-state index contributed by atoms with van der Waals surface area (Å²) in [5.41, 5.74) is 1.07. The third kappa shape index (κ3) is 3.63. The number of hydrogen-bond donors (Lipinski definition) is 1. The lowest BCUT2D eigenvalue weighted by molar-refractivity contribution is 0.0939. The first-order valence-corrected chi connectivity index (χ1v) is 7.31. The smallest absolute Gasteiger partial charge is 0.414 e. The van der Waals surface area contributed by atoms with Crippen LogP contribution < -0.4 is 10.2 Å². The van der Waals surface area contributed by atoms with Crippen molar-refractivity contribution in [3.8, 4) is 0 Å². The van der Waals surface area contributed by atoms with E-state index in [9.17, 15) is 9.59 Å². The zero-order valence-electron chi connectivity index (χ0n) is 12.4. The van der Waals surface area contributed by atoms with Crippen molar-refractivity contribution in [1.82, 2.24) is 15.3 Å². The number of cyclic esters (lactones) is 1. The molecule has 1 unspecified atom stereocenters. The molecule has 0 bridgehead atoms. The average Bonchev–Trinajstić information content (AvgIpc) is 2.97. The summed E-state index contributed by atoms with van der Waals surface area (Å²) in [7, 11) is 0. The Morgan fingerprint density at radius 1 is 1.30 bits per heavy atom. The monoisotopic (exact) mass is 312 g/mol. The van der Waals surface area contributed by atoms with Crippen LogP contribution in [0.25, 0.3) is 0 Å². The van der Waals surface area contributed by atoms with E-state index in [1.54, 1.807) is 4.90 Å². The van der Waals surface area contributed by atoms with E-state index in [0.29, 0.717) is 19.5 Å². The second-order valence-corrected chi connectivity index (χ2v) is 5.09. The summed E-state index contributed by atoms with van der Waals surface area (Å²) in [6.07, 6.45) is 4.31. The number of aromatic nitrogens is 2. The molecule has 1 aliphatic rings. The predicted octanol–water partition coefficient (Wildman–Crippen LogP) is 1.62. The van der Waals surface area contributed by atoms with Crippen LogP contribution in [0.1, 0.15) is 16.9 Å². The Balaban J connectivity index is 1.49. The van der Waals surface area contributed by atoms with Gasteiger partial charge in [-0.05, 0) is 12.1 Å². The van der Waals surface area contributed by atoms with Gasteiger partial charge in [-0.15, -0.1) is 0 Å².